The Labute approximate surface area is 144 Å². The second-order valence-corrected chi connectivity index (χ2v) is 5.79. The highest BCUT2D eigenvalue weighted by Gasteiger charge is 2.16. The van der Waals surface area contributed by atoms with Crippen molar-refractivity contribution >= 4 is 24.2 Å². The lowest BCUT2D eigenvalue weighted by atomic mass is 10.1. The lowest BCUT2D eigenvalue weighted by molar-refractivity contribution is -0.130. The second kappa shape index (κ2) is 10.2. The van der Waals surface area contributed by atoms with Crippen molar-refractivity contribution in [1.82, 2.24) is 15.5 Å². The Morgan fingerprint density at radius 3 is 2.65 bits per heavy atom. The largest absolute Gasteiger partial charge is 0.352 e. The van der Waals surface area contributed by atoms with Crippen molar-refractivity contribution < 1.29 is 9.59 Å². The van der Waals surface area contributed by atoms with Gasteiger partial charge in [0.05, 0.1) is 0 Å². The molecule has 1 heterocycles. The third-order valence-corrected chi connectivity index (χ3v) is 3.93. The van der Waals surface area contributed by atoms with Gasteiger partial charge >= 0.3 is 0 Å². The van der Waals surface area contributed by atoms with Gasteiger partial charge < -0.3 is 15.5 Å². The molecular formula is C17H26ClN3O2. The highest BCUT2D eigenvalue weighted by Crippen LogP contribution is 2.06. The first-order chi connectivity index (χ1) is 10.6. The van der Waals surface area contributed by atoms with Gasteiger partial charge in [0.1, 0.15) is 0 Å². The first-order valence-electron chi connectivity index (χ1n) is 7.94. The van der Waals surface area contributed by atoms with E-state index in [0.717, 1.165) is 31.5 Å². The standard InChI is InChI=1S/C17H25N3O2.ClH/c1-14(21)20(13-15-6-3-2-4-7-15)11-9-17(22)19-16-8-5-10-18-12-16;/h2-4,6-7,16,18H,5,8-13H2,1H3,(H,19,22);1H. The Kier molecular flexibility index (Phi) is 8.66. The van der Waals surface area contributed by atoms with Crippen LogP contribution in [0.4, 0.5) is 0 Å². The van der Waals surface area contributed by atoms with Crippen LogP contribution in [-0.4, -0.2) is 42.4 Å². The number of carbonyl (C=O) groups excluding carboxylic acids is 2. The van der Waals surface area contributed by atoms with E-state index in [9.17, 15) is 9.59 Å². The summed E-state index contributed by atoms with van der Waals surface area (Å²) in [5.74, 6) is 0.0176. The molecule has 5 nitrogen and oxygen atoms in total. The Morgan fingerprint density at radius 1 is 1.30 bits per heavy atom. The summed E-state index contributed by atoms with van der Waals surface area (Å²) in [6, 6.07) is 10.1. The van der Waals surface area contributed by atoms with E-state index in [4.69, 9.17) is 0 Å². The van der Waals surface area contributed by atoms with Crippen LogP contribution in [0.3, 0.4) is 0 Å². The molecule has 23 heavy (non-hydrogen) atoms. The molecule has 2 rings (SSSR count). The normalized spacial score (nSPS) is 17.0. The smallest absolute Gasteiger partial charge is 0.222 e. The molecular weight excluding hydrogens is 314 g/mol. The van der Waals surface area contributed by atoms with Gasteiger partial charge in [0.25, 0.3) is 0 Å². The van der Waals surface area contributed by atoms with Crippen molar-refractivity contribution in [1.29, 1.82) is 0 Å². The zero-order chi connectivity index (χ0) is 15.8. The van der Waals surface area contributed by atoms with Crippen molar-refractivity contribution in [2.75, 3.05) is 19.6 Å². The average Bonchev–Trinajstić information content (AvgIpc) is 2.53. The van der Waals surface area contributed by atoms with E-state index >= 15 is 0 Å². The Morgan fingerprint density at radius 2 is 2.04 bits per heavy atom. The van der Waals surface area contributed by atoms with Crippen molar-refractivity contribution in [2.24, 2.45) is 0 Å². The summed E-state index contributed by atoms with van der Waals surface area (Å²) in [4.78, 5) is 25.5. The molecule has 1 atom stereocenters. The van der Waals surface area contributed by atoms with Crippen LogP contribution in [0.2, 0.25) is 0 Å². The van der Waals surface area contributed by atoms with Gasteiger partial charge in [-0.2, -0.15) is 0 Å². The number of rotatable bonds is 6. The van der Waals surface area contributed by atoms with Crippen molar-refractivity contribution in [2.45, 2.75) is 38.8 Å². The molecule has 1 aromatic rings. The van der Waals surface area contributed by atoms with Crippen LogP contribution in [0.25, 0.3) is 0 Å². The first kappa shape index (κ1) is 19.5. The molecule has 0 saturated carbocycles. The first-order valence-corrected chi connectivity index (χ1v) is 7.94. The van der Waals surface area contributed by atoms with Crippen LogP contribution in [0.15, 0.2) is 30.3 Å². The number of hydrogen-bond acceptors (Lipinski definition) is 3. The minimum atomic E-state index is -0.00372. The molecule has 2 amide bonds. The van der Waals surface area contributed by atoms with Gasteiger partial charge in [0.2, 0.25) is 11.8 Å². The van der Waals surface area contributed by atoms with E-state index in [0.29, 0.717) is 19.5 Å². The predicted molar refractivity (Wildman–Crippen MR) is 93.4 cm³/mol. The molecule has 0 aliphatic carbocycles. The van der Waals surface area contributed by atoms with Crippen LogP contribution in [0, 0.1) is 0 Å². The Balaban J connectivity index is 0.00000264. The maximum absolute atomic E-state index is 12.0. The molecule has 0 aromatic heterocycles. The number of piperidine rings is 1. The summed E-state index contributed by atoms with van der Waals surface area (Å²) >= 11 is 0. The fourth-order valence-corrected chi connectivity index (χ4v) is 2.66. The van der Waals surface area contributed by atoms with E-state index in [-0.39, 0.29) is 30.3 Å². The van der Waals surface area contributed by atoms with Crippen LogP contribution >= 0.6 is 12.4 Å². The third-order valence-electron chi connectivity index (χ3n) is 3.93. The van der Waals surface area contributed by atoms with Crippen LogP contribution in [0.1, 0.15) is 31.7 Å². The summed E-state index contributed by atoms with van der Waals surface area (Å²) in [6.07, 6.45) is 2.47. The highest BCUT2D eigenvalue weighted by atomic mass is 35.5. The van der Waals surface area contributed by atoms with Gasteiger partial charge in [-0.15, -0.1) is 12.4 Å². The van der Waals surface area contributed by atoms with E-state index in [1.165, 1.54) is 0 Å². The minimum absolute atomic E-state index is 0. The molecule has 1 aromatic carbocycles. The number of halogens is 1. The van der Waals surface area contributed by atoms with E-state index < -0.39 is 0 Å². The van der Waals surface area contributed by atoms with Crippen LogP contribution < -0.4 is 10.6 Å². The molecule has 1 aliphatic rings. The summed E-state index contributed by atoms with van der Waals surface area (Å²) in [7, 11) is 0. The summed E-state index contributed by atoms with van der Waals surface area (Å²) < 4.78 is 0. The van der Waals surface area contributed by atoms with E-state index in [1.807, 2.05) is 30.3 Å². The Bertz CT molecular complexity index is 490. The third kappa shape index (κ3) is 7.01. The zero-order valence-corrected chi connectivity index (χ0v) is 14.4. The number of hydrogen-bond donors (Lipinski definition) is 2. The topological polar surface area (TPSA) is 61.4 Å². The molecule has 2 N–H and O–H groups in total. The number of benzene rings is 1. The van der Waals surface area contributed by atoms with Gasteiger partial charge in [-0.1, -0.05) is 30.3 Å². The fourth-order valence-electron chi connectivity index (χ4n) is 2.66. The second-order valence-electron chi connectivity index (χ2n) is 5.79. The van der Waals surface area contributed by atoms with Gasteiger partial charge in [0, 0.05) is 39.0 Å². The van der Waals surface area contributed by atoms with Gasteiger partial charge in [-0.05, 0) is 24.9 Å². The van der Waals surface area contributed by atoms with Crippen molar-refractivity contribution in [3.63, 3.8) is 0 Å². The van der Waals surface area contributed by atoms with E-state index in [1.54, 1.807) is 11.8 Å². The minimum Gasteiger partial charge on any atom is -0.352 e. The van der Waals surface area contributed by atoms with Crippen molar-refractivity contribution in [3.05, 3.63) is 35.9 Å². The monoisotopic (exact) mass is 339 g/mol. The van der Waals surface area contributed by atoms with E-state index in [2.05, 4.69) is 10.6 Å². The SMILES string of the molecule is CC(=O)N(CCC(=O)NC1CCCNC1)Cc1ccccc1.Cl. The summed E-state index contributed by atoms with van der Waals surface area (Å²) in [5.41, 5.74) is 1.08. The van der Waals surface area contributed by atoms with Crippen molar-refractivity contribution in [3.8, 4) is 0 Å². The molecule has 128 valence electrons. The molecule has 1 unspecified atom stereocenters. The molecule has 0 spiro atoms. The number of nitrogens with one attached hydrogen (secondary N) is 2. The molecule has 0 radical (unpaired) electrons. The number of amides is 2. The molecule has 1 saturated heterocycles. The van der Waals surface area contributed by atoms with Crippen LogP contribution in [0.5, 0.6) is 0 Å². The Hall–Kier alpha value is -1.59. The molecule has 1 fully saturated rings. The lowest BCUT2D eigenvalue weighted by Gasteiger charge is -2.25. The maximum atomic E-state index is 12.0. The van der Waals surface area contributed by atoms with Gasteiger partial charge in [-0.3, -0.25) is 9.59 Å². The average molecular weight is 340 g/mol. The quantitative estimate of drug-likeness (QED) is 0.829. The molecule has 6 heteroatoms. The maximum Gasteiger partial charge on any atom is 0.222 e. The molecule has 1 aliphatic heterocycles. The summed E-state index contributed by atoms with van der Waals surface area (Å²) in [5, 5.41) is 6.31. The van der Waals surface area contributed by atoms with Gasteiger partial charge in [0.15, 0.2) is 0 Å². The molecule has 0 bridgehead atoms. The predicted octanol–water partition coefficient (Wildman–Crippen LogP) is 1.72. The van der Waals surface area contributed by atoms with Gasteiger partial charge in [-0.25, -0.2) is 0 Å². The van der Waals surface area contributed by atoms with Crippen LogP contribution in [-0.2, 0) is 16.1 Å². The summed E-state index contributed by atoms with van der Waals surface area (Å²) in [6.45, 7) is 4.42. The highest BCUT2D eigenvalue weighted by molar-refractivity contribution is 5.85. The lowest BCUT2D eigenvalue weighted by Crippen LogP contribution is -2.46. The number of carbonyl (C=O) groups is 2. The zero-order valence-electron chi connectivity index (χ0n) is 13.6. The fraction of sp³-hybridized carbons (Fsp3) is 0.529. The number of nitrogens with zero attached hydrogens (tertiary/aromatic N) is 1.